The summed E-state index contributed by atoms with van der Waals surface area (Å²) in [6.45, 7) is 2.51. The fourth-order valence-corrected chi connectivity index (χ4v) is 3.66. The predicted molar refractivity (Wildman–Crippen MR) is 108 cm³/mol. The molecule has 3 aromatic heterocycles. The molecule has 0 spiro atoms. The van der Waals surface area contributed by atoms with Gasteiger partial charge in [0, 0.05) is 51.0 Å². The van der Waals surface area contributed by atoms with Crippen molar-refractivity contribution in [1.29, 1.82) is 0 Å². The Labute approximate surface area is 164 Å². The monoisotopic (exact) mass is 379 g/mol. The highest BCUT2D eigenvalue weighted by atomic mass is 16.2. The number of nitrogens with one attached hydrogen (secondary N) is 2. The van der Waals surface area contributed by atoms with Crippen molar-refractivity contribution in [2.45, 2.75) is 18.9 Å². The van der Waals surface area contributed by atoms with Gasteiger partial charge in [0.15, 0.2) is 0 Å². The molecule has 2 N–H and O–H groups in total. The first-order chi connectivity index (χ1) is 13.6. The first-order valence-corrected chi connectivity index (χ1v) is 9.56. The van der Waals surface area contributed by atoms with Gasteiger partial charge in [0.2, 0.25) is 0 Å². The van der Waals surface area contributed by atoms with Gasteiger partial charge in [-0.15, -0.1) is 0 Å². The molecule has 146 valence electrons. The van der Waals surface area contributed by atoms with Crippen LogP contribution >= 0.6 is 0 Å². The number of rotatable bonds is 6. The van der Waals surface area contributed by atoms with Crippen molar-refractivity contribution in [2.75, 3.05) is 32.0 Å². The Morgan fingerprint density at radius 2 is 2.25 bits per heavy atom. The minimum absolute atomic E-state index is 0.0870. The van der Waals surface area contributed by atoms with Crippen molar-refractivity contribution < 1.29 is 4.79 Å². The number of hydrogen-bond donors (Lipinski definition) is 2. The largest absolute Gasteiger partial charge is 0.368 e. The first kappa shape index (κ1) is 18.4. The molecule has 1 fully saturated rings. The maximum Gasteiger partial charge on any atom is 0.274 e. The van der Waals surface area contributed by atoms with Gasteiger partial charge in [-0.2, -0.15) is 0 Å². The zero-order valence-electron chi connectivity index (χ0n) is 16.2. The molecule has 4 rings (SSSR count). The fourth-order valence-electron chi connectivity index (χ4n) is 3.66. The molecule has 8 nitrogen and oxygen atoms in total. The Morgan fingerprint density at radius 1 is 1.36 bits per heavy atom. The summed E-state index contributed by atoms with van der Waals surface area (Å²) in [6, 6.07) is 4.27. The van der Waals surface area contributed by atoms with E-state index in [0.29, 0.717) is 11.5 Å². The summed E-state index contributed by atoms with van der Waals surface area (Å²) in [6.07, 6.45) is 8.91. The summed E-state index contributed by atoms with van der Waals surface area (Å²) in [5.74, 6) is 0.580. The van der Waals surface area contributed by atoms with E-state index in [1.165, 1.54) is 10.9 Å². The van der Waals surface area contributed by atoms with Crippen molar-refractivity contribution in [1.82, 2.24) is 29.7 Å². The molecule has 0 aromatic carbocycles. The van der Waals surface area contributed by atoms with Gasteiger partial charge in [0.1, 0.15) is 17.2 Å². The van der Waals surface area contributed by atoms with Gasteiger partial charge < -0.3 is 20.1 Å². The standard InChI is InChI=1S/C20H25N7O/c1-26-13-14(16-4-3-7-23-19(16)26)5-9-22-18-12-24-17(11-25-18)20(28)27(2)15-6-8-21-10-15/h3-4,7,11-13,15,21H,5-6,8-10H2,1-2H3,(H,22,25). The van der Waals surface area contributed by atoms with Gasteiger partial charge in [-0.1, -0.05) is 0 Å². The van der Waals surface area contributed by atoms with Crippen molar-refractivity contribution in [2.24, 2.45) is 7.05 Å². The molecular formula is C20H25N7O. The molecule has 1 unspecified atom stereocenters. The van der Waals surface area contributed by atoms with Crippen LogP contribution in [0.1, 0.15) is 22.5 Å². The minimum Gasteiger partial charge on any atom is -0.368 e. The molecule has 0 aliphatic carbocycles. The lowest BCUT2D eigenvalue weighted by molar-refractivity contribution is 0.0737. The summed E-state index contributed by atoms with van der Waals surface area (Å²) in [4.78, 5) is 27.4. The zero-order valence-corrected chi connectivity index (χ0v) is 16.2. The highest BCUT2D eigenvalue weighted by Crippen LogP contribution is 2.18. The third-order valence-corrected chi connectivity index (χ3v) is 5.29. The lowest BCUT2D eigenvalue weighted by Crippen LogP contribution is -2.38. The van der Waals surface area contributed by atoms with Crippen molar-refractivity contribution in [3.63, 3.8) is 0 Å². The van der Waals surface area contributed by atoms with Crippen LogP contribution in [0.25, 0.3) is 11.0 Å². The molecule has 4 heterocycles. The fraction of sp³-hybridized carbons (Fsp3) is 0.400. The number of anilines is 1. The Bertz CT molecular complexity index is 960. The minimum atomic E-state index is -0.0870. The molecule has 1 aliphatic rings. The summed E-state index contributed by atoms with van der Waals surface area (Å²) in [7, 11) is 3.83. The number of nitrogens with zero attached hydrogens (tertiary/aromatic N) is 5. The number of hydrogen-bond acceptors (Lipinski definition) is 6. The molecule has 1 saturated heterocycles. The second kappa shape index (κ2) is 7.93. The normalized spacial score (nSPS) is 16.4. The van der Waals surface area contributed by atoms with Gasteiger partial charge in [0.05, 0.1) is 12.4 Å². The van der Waals surface area contributed by atoms with Crippen LogP contribution in [-0.4, -0.2) is 63.0 Å². The van der Waals surface area contributed by atoms with Gasteiger partial charge >= 0.3 is 0 Å². The lowest BCUT2D eigenvalue weighted by Gasteiger charge is -2.23. The molecule has 1 aliphatic heterocycles. The van der Waals surface area contributed by atoms with Crippen LogP contribution in [0.5, 0.6) is 0 Å². The maximum absolute atomic E-state index is 12.5. The lowest BCUT2D eigenvalue weighted by atomic mass is 10.1. The van der Waals surface area contributed by atoms with Gasteiger partial charge in [-0.25, -0.2) is 15.0 Å². The summed E-state index contributed by atoms with van der Waals surface area (Å²) >= 11 is 0. The third-order valence-electron chi connectivity index (χ3n) is 5.29. The van der Waals surface area contributed by atoms with E-state index in [-0.39, 0.29) is 11.9 Å². The second-order valence-corrected chi connectivity index (χ2v) is 7.17. The molecule has 28 heavy (non-hydrogen) atoms. The smallest absolute Gasteiger partial charge is 0.274 e. The highest BCUT2D eigenvalue weighted by molar-refractivity contribution is 5.92. The number of carbonyl (C=O) groups excluding carboxylic acids is 1. The molecule has 0 saturated carbocycles. The van der Waals surface area contributed by atoms with Gasteiger partial charge in [0.25, 0.3) is 5.91 Å². The Balaban J connectivity index is 1.35. The summed E-state index contributed by atoms with van der Waals surface area (Å²) in [5.41, 5.74) is 2.60. The molecular weight excluding hydrogens is 354 g/mol. The SMILES string of the molecule is CN(C(=O)c1cnc(NCCc2cn(C)c3ncccc23)cn1)C1CCNC1. The molecule has 8 heteroatoms. The zero-order chi connectivity index (χ0) is 19.5. The van der Waals surface area contributed by atoms with Crippen LogP contribution in [0.2, 0.25) is 0 Å². The van der Waals surface area contributed by atoms with Crippen molar-refractivity contribution in [3.05, 3.63) is 48.2 Å². The average Bonchev–Trinajstić information content (AvgIpc) is 3.37. The van der Waals surface area contributed by atoms with Crippen LogP contribution in [-0.2, 0) is 13.5 Å². The van der Waals surface area contributed by atoms with Crippen molar-refractivity contribution in [3.8, 4) is 0 Å². The molecule has 1 atom stereocenters. The highest BCUT2D eigenvalue weighted by Gasteiger charge is 2.24. The van der Waals surface area contributed by atoms with Crippen LogP contribution in [0.15, 0.2) is 36.9 Å². The average molecular weight is 379 g/mol. The van der Waals surface area contributed by atoms with Crippen molar-refractivity contribution >= 4 is 22.8 Å². The van der Waals surface area contributed by atoms with E-state index in [4.69, 9.17) is 0 Å². The van der Waals surface area contributed by atoms with Crippen LogP contribution in [0, 0.1) is 0 Å². The number of fused-ring (bicyclic) bond motifs is 1. The quantitative estimate of drug-likeness (QED) is 0.674. The Hall–Kier alpha value is -3.00. The van der Waals surface area contributed by atoms with E-state index < -0.39 is 0 Å². The third kappa shape index (κ3) is 3.68. The van der Waals surface area contributed by atoms with E-state index in [1.54, 1.807) is 17.3 Å². The number of aromatic nitrogens is 4. The van der Waals surface area contributed by atoms with Gasteiger partial charge in [-0.05, 0) is 37.1 Å². The second-order valence-electron chi connectivity index (χ2n) is 7.17. The van der Waals surface area contributed by atoms with E-state index in [0.717, 1.165) is 38.1 Å². The summed E-state index contributed by atoms with van der Waals surface area (Å²) < 4.78 is 2.04. The molecule has 0 radical (unpaired) electrons. The molecule has 0 bridgehead atoms. The van der Waals surface area contributed by atoms with Gasteiger partial charge in [-0.3, -0.25) is 4.79 Å². The van der Waals surface area contributed by atoms with E-state index in [1.807, 2.05) is 30.9 Å². The molecule has 3 aromatic rings. The first-order valence-electron chi connectivity index (χ1n) is 9.56. The summed E-state index contributed by atoms with van der Waals surface area (Å²) in [5, 5.41) is 7.72. The predicted octanol–water partition coefficient (Wildman–Crippen LogP) is 1.45. The number of pyridine rings is 1. The van der Waals surface area contributed by atoms with E-state index in [9.17, 15) is 4.79 Å². The number of aryl methyl sites for hydroxylation is 1. The van der Waals surface area contributed by atoms with Crippen LogP contribution < -0.4 is 10.6 Å². The maximum atomic E-state index is 12.5. The number of likely N-dealkylation sites (N-methyl/N-ethyl adjacent to an activating group) is 1. The van der Waals surface area contributed by atoms with E-state index >= 15 is 0 Å². The number of amides is 1. The van der Waals surface area contributed by atoms with E-state index in [2.05, 4.69) is 37.8 Å². The topological polar surface area (TPSA) is 88.0 Å². The number of carbonyl (C=O) groups is 1. The molecule has 1 amide bonds. The Kier molecular flexibility index (Phi) is 5.21. The van der Waals surface area contributed by atoms with Crippen LogP contribution in [0.4, 0.5) is 5.82 Å². The van der Waals surface area contributed by atoms with Crippen LogP contribution in [0.3, 0.4) is 0 Å². The Morgan fingerprint density at radius 3 is 3.00 bits per heavy atom.